The number of nitrogens with zero attached hydrogens (tertiary/aromatic N) is 4. The number of likely N-dealkylation sites (N-methyl/N-ethyl adjacent to an activating group) is 1. The lowest BCUT2D eigenvalue weighted by atomic mass is 10.1. The predicted octanol–water partition coefficient (Wildman–Crippen LogP) is 4.90. The first-order chi connectivity index (χ1) is 14.2. The highest BCUT2D eigenvalue weighted by atomic mass is 32.2. The summed E-state index contributed by atoms with van der Waals surface area (Å²) in [6.45, 7) is 6.46. The summed E-state index contributed by atoms with van der Waals surface area (Å²) in [6, 6.07) is 10.9. The van der Waals surface area contributed by atoms with E-state index in [1.807, 2.05) is 39.0 Å². The average Bonchev–Trinajstić information content (AvgIpc) is 2.98. The second-order valence-corrected chi connectivity index (χ2v) is 8.23. The summed E-state index contributed by atoms with van der Waals surface area (Å²) in [5.41, 5.74) is 4.23. The Hall–Kier alpha value is -3.13. The van der Waals surface area contributed by atoms with Crippen molar-refractivity contribution in [3.8, 4) is 0 Å². The number of nitro groups is 1. The van der Waals surface area contributed by atoms with Crippen molar-refractivity contribution in [2.24, 2.45) is 4.99 Å². The van der Waals surface area contributed by atoms with Crippen molar-refractivity contribution >= 4 is 46.0 Å². The summed E-state index contributed by atoms with van der Waals surface area (Å²) >= 11 is 1.28. The van der Waals surface area contributed by atoms with Gasteiger partial charge in [-0.05, 0) is 73.5 Å². The van der Waals surface area contributed by atoms with Crippen molar-refractivity contribution in [1.29, 1.82) is 0 Å². The maximum absolute atomic E-state index is 12.9. The molecule has 7 nitrogen and oxygen atoms in total. The number of hydrogen-bond acceptors (Lipinski definition) is 6. The number of thioether (sulfide) groups is 1. The minimum atomic E-state index is -0.411. The van der Waals surface area contributed by atoms with Gasteiger partial charge in [0.25, 0.3) is 11.6 Å². The zero-order valence-corrected chi connectivity index (χ0v) is 18.5. The summed E-state index contributed by atoms with van der Waals surface area (Å²) in [7, 11) is 3.51. The lowest BCUT2D eigenvalue weighted by molar-refractivity contribution is -0.384. The molecule has 0 saturated carbocycles. The molecule has 0 N–H and O–H groups in total. The van der Waals surface area contributed by atoms with Gasteiger partial charge in [-0.3, -0.25) is 19.8 Å². The Morgan fingerprint density at radius 1 is 1.17 bits per heavy atom. The third kappa shape index (κ3) is 4.38. The van der Waals surface area contributed by atoms with Crippen LogP contribution >= 0.6 is 11.8 Å². The van der Waals surface area contributed by atoms with E-state index in [2.05, 4.69) is 4.99 Å². The first-order valence-electron chi connectivity index (χ1n) is 9.54. The van der Waals surface area contributed by atoms with Crippen LogP contribution in [-0.2, 0) is 4.79 Å². The Morgan fingerprint density at radius 2 is 1.90 bits per heavy atom. The van der Waals surface area contributed by atoms with Crippen molar-refractivity contribution in [3.05, 3.63) is 68.1 Å². The van der Waals surface area contributed by atoms with E-state index in [-0.39, 0.29) is 11.6 Å². The van der Waals surface area contributed by atoms with Crippen LogP contribution in [0.25, 0.3) is 6.08 Å². The normalized spacial score (nSPS) is 16.6. The molecule has 0 radical (unpaired) electrons. The van der Waals surface area contributed by atoms with E-state index < -0.39 is 4.92 Å². The summed E-state index contributed by atoms with van der Waals surface area (Å²) in [5.74, 6) is -0.149. The van der Waals surface area contributed by atoms with Crippen molar-refractivity contribution in [1.82, 2.24) is 4.90 Å². The van der Waals surface area contributed by atoms with E-state index in [4.69, 9.17) is 0 Å². The van der Waals surface area contributed by atoms with Crippen LogP contribution in [-0.4, -0.2) is 41.5 Å². The lowest BCUT2D eigenvalue weighted by Gasteiger charge is -2.13. The van der Waals surface area contributed by atoms with Crippen molar-refractivity contribution in [2.45, 2.75) is 20.8 Å². The Bertz CT molecular complexity index is 1080. The molecule has 0 spiro atoms. The van der Waals surface area contributed by atoms with Crippen LogP contribution in [0.5, 0.6) is 0 Å². The van der Waals surface area contributed by atoms with Gasteiger partial charge in [-0.2, -0.15) is 0 Å². The second-order valence-electron chi connectivity index (χ2n) is 7.22. The molecule has 0 bridgehead atoms. The molecule has 156 valence electrons. The maximum Gasteiger partial charge on any atom is 0.293 e. The zero-order valence-electron chi connectivity index (χ0n) is 17.7. The summed E-state index contributed by atoms with van der Waals surface area (Å²) in [6.07, 6.45) is 1.69. The second kappa shape index (κ2) is 8.71. The van der Waals surface area contributed by atoms with Gasteiger partial charge in [0.15, 0.2) is 5.17 Å². The first kappa shape index (κ1) is 21.6. The largest absolute Gasteiger partial charge is 0.372 e. The fourth-order valence-corrected chi connectivity index (χ4v) is 4.14. The quantitative estimate of drug-likeness (QED) is 0.387. The van der Waals surface area contributed by atoms with E-state index in [9.17, 15) is 14.9 Å². The third-order valence-corrected chi connectivity index (χ3v) is 5.90. The van der Waals surface area contributed by atoms with Crippen LogP contribution < -0.4 is 4.90 Å². The molecule has 1 saturated heterocycles. The average molecular weight is 425 g/mol. The van der Waals surface area contributed by atoms with Crippen LogP contribution in [0.3, 0.4) is 0 Å². The van der Waals surface area contributed by atoms with Gasteiger partial charge in [-0.1, -0.05) is 12.1 Å². The number of aryl methyl sites for hydroxylation is 2. The first-order valence-corrected chi connectivity index (χ1v) is 10.4. The maximum atomic E-state index is 12.9. The number of benzene rings is 2. The Balaban J connectivity index is 1.97. The smallest absolute Gasteiger partial charge is 0.293 e. The van der Waals surface area contributed by atoms with Gasteiger partial charge >= 0.3 is 0 Å². The van der Waals surface area contributed by atoms with E-state index in [1.165, 1.54) is 23.4 Å². The van der Waals surface area contributed by atoms with E-state index in [0.717, 1.165) is 11.3 Å². The molecule has 30 heavy (non-hydrogen) atoms. The molecule has 2 aromatic carbocycles. The number of anilines is 1. The van der Waals surface area contributed by atoms with Gasteiger partial charge < -0.3 is 4.90 Å². The molecule has 8 heteroatoms. The zero-order chi connectivity index (χ0) is 22.0. The van der Waals surface area contributed by atoms with Crippen LogP contribution in [0.15, 0.2) is 46.3 Å². The van der Waals surface area contributed by atoms with Crippen molar-refractivity contribution < 1.29 is 9.72 Å². The van der Waals surface area contributed by atoms with E-state index in [1.54, 1.807) is 42.1 Å². The minimum absolute atomic E-state index is 0.00108. The number of carbonyl (C=O) groups excluding carboxylic acids is 1. The highest BCUT2D eigenvalue weighted by Crippen LogP contribution is 2.35. The van der Waals surface area contributed by atoms with E-state index >= 15 is 0 Å². The highest BCUT2D eigenvalue weighted by Gasteiger charge is 2.32. The summed E-state index contributed by atoms with van der Waals surface area (Å²) in [5, 5.41) is 12.1. The summed E-state index contributed by atoms with van der Waals surface area (Å²) in [4.78, 5) is 32.4. The Kier molecular flexibility index (Phi) is 6.26. The van der Waals surface area contributed by atoms with Gasteiger partial charge in [0.1, 0.15) is 5.69 Å². The number of aliphatic imine (C=N–C) groups is 1. The van der Waals surface area contributed by atoms with Gasteiger partial charge in [0.2, 0.25) is 0 Å². The number of carbonyl (C=O) groups is 1. The number of nitro benzene ring substituents is 1. The van der Waals surface area contributed by atoms with Gasteiger partial charge in [-0.15, -0.1) is 0 Å². The molecule has 0 aliphatic carbocycles. The number of amides is 1. The molecule has 1 amide bonds. The molecule has 1 aliphatic rings. The molecule has 0 unspecified atom stereocenters. The predicted molar refractivity (Wildman–Crippen MR) is 123 cm³/mol. The van der Waals surface area contributed by atoms with Gasteiger partial charge in [-0.25, -0.2) is 4.99 Å². The topological polar surface area (TPSA) is 79.0 Å². The SMILES string of the molecule is CCN1C(=O)/C(=C\c2ccc(N(C)C)c([N+](=O)[O-])c2)SC1=Nc1ccc(C)c(C)c1. The van der Waals surface area contributed by atoms with Crippen LogP contribution in [0.2, 0.25) is 0 Å². The number of amidine groups is 1. The third-order valence-electron chi connectivity index (χ3n) is 4.90. The molecule has 1 aliphatic heterocycles. The molecule has 2 aromatic rings. The van der Waals surface area contributed by atoms with Crippen LogP contribution in [0, 0.1) is 24.0 Å². The van der Waals surface area contributed by atoms with Crippen molar-refractivity contribution in [2.75, 3.05) is 25.5 Å². The Labute approximate surface area is 180 Å². The number of rotatable bonds is 5. The Morgan fingerprint density at radius 3 is 2.50 bits per heavy atom. The van der Waals surface area contributed by atoms with Crippen LogP contribution in [0.1, 0.15) is 23.6 Å². The monoisotopic (exact) mass is 424 g/mol. The standard InChI is InChI=1S/C22H24N4O3S/c1-6-25-21(27)20(30-22(25)23-17-9-7-14(2)15(3)11-17)13-16-8-10-18(24(4)5)19(12-16)26(28)29/h7-13H,6H2,1-5H3/b20-13+,23-22?. The minimum Gasteiger partial charge on any atom is -0.372 e. The molecule has 1 fully saturated rings. The lowest BCUT2D eigenvalue weighted by Crippen LogP contribution is -2.28. The molecular formula is C22H24N4O3S. The number of hydrogen-bond donors (Lipinski definition) is 0. The van der Waals surface area contributed by atoms with Crippen LogP contribution in [0.4, 0.5) is 17.1 Å². The van der Waals surface area contributed by atoms with Gasteiger partial charge in [0, 0.05) is 26.7 Å². The fourth-order valence-electron chi connectivity index (χ4n) is 3.08. The van der Waals surface area contributed by atoms with E-state index in [0.29, 0.717) is 27.9 Å². The van der Waals surface area contributed by atoms with Gasteiger partial charge in [0.05, 0.1) is 15.5 Å². The highest BCUT2D eigenvalue weighted by molar-refractivity contribution is 8.18. The summed E-state index contributed by atoms with van der Waals surface area (Å²) < 4.78 is 0. The molecule has 0 atom stereocenters. The molecular weight excluding hydrogens is 400 g/mol. The molecule has 1 heterocycles. The molecule has 0 aromatic heterocycles. The fraction of sp³-hybridized carbons (Fsp3) is 0.273. The molecule has 3 rings (SSSR count). The van der Waals surface area contributed by atoms with Crippen molar-refractivity contribution in [3.63, 3.8) is 0 Å².